The molecule has 2 fully saturated rings. The van der Waals surface area contributed by atoms with Gasteiger partial charge in [0.1, 0.15) is 0 Å². The highest BCUT2D eigenvalue weighted by atomic mass is 16.5. The molecule has 98 valence electrons. The van der Waals surface area contributed by atoms with Crippen molar-refractivity contribution >= 4 is 5.91 Å². The fraction of sp³-hybridized carbons (Fsp3) is 0.923. The van der Waals surface area contributed by atoms with E-state index in [1.54, 1.807) is 0 Å². The van der Waals surface area contributed by atoms with Gasteiger partial charge in [-0.2, -0.15) is 0 Å². The zero-order chi connectivity index (χ0) is 12.1. The van der Waals surface area contributed by atoms with Gasteiger partial charge in [0, 0.05) is 19.6 Å². The highest BCUT2D eigenvalue weighted by Crippen LogP contribution is 2.30. The summed E-state index contributed by atoms with van der Waals surface area (Å²) < 4.78 is 5.52. The van der Waals surface area contributed by atoms with Gasteiger partial charge in [0.05, 0.1) is 19.1 Å². The quantitative estimate of drug-likeness (QED) is 0.768. The van der Waals surface area contributed by atoms with E-state index < -0.39 is 0 Å². The van der Waals surface area contributed by atoms with E-state index in [0.29, 0.717) is 12.3 Å². The highest BCUT2D eigenvalue weighted by molar-refractivity contribution is 5.76. The van der Waals surface area contributed by atoms with Crippen LogP contribution >= 0.6 is 0 Å². The lowest BCUT2D eigenvalue weighted by Crippen LogP contribution is -2.42. The van der Waals surface area contributed by atoms with E-state index in [2.05, 4.69) is 17.6 Å². The molecule has 1 aliphatic carbocycles. The maximum atomic E-state index is 11.8. The topological polar surface area (TPSA) is 50.4 Å². The first-order valence-corrected chi connectivity index (χ1v) is 6.84. The average Bonchev–Trinajstić information content (AvgIpc) is 2.74. The van der Waals surface area contributed by atoms with Crippen molar-refractivity contribution in [1.82, 2.24) is 10.6 Å². The van der Waals surface area contributed by atoms with Crippen molar-refractivity contribution in [3.05, 3.63) is 0 Å². The molecular formula is C13H24N2O2. The van der Waals surface area contributed by atoms with Crippen molar-refractivity contribution in [2.75, 3.05) is 26.2 Å². The van der Waals surface area contributed by atoms with Crippen LogP contribution in [-0.2, 0) is 9.53 Å². The molecule has 1 saturated heterocycles. The molecule has 1 aliphatic heterocycles. The number of ether oxygens (including phenoxy) is 1. The second-order valence-electron chi connectivity index (χ2n) is 5.37. The highest BCUT2D eigenvalue weighted by Gasteiger charge is 2.24. The molecule has 0 aromatic heterocycles. The average molecular weight is 240 g/mol. The number of carbonyl (C=O) groups excluding carboxylic acids is 1. The van der Waals surface area contributed by atoms with Crippen molar-refractivity contribution in [1.29, 1.82) is 0 Å². The number of carbonyl (C=O) groups is 1. The van der Waals surface area contributed by atoms with Crippen LogP contribution in [0.25, 0.3) is 0 Å². The van der Waals surface area contributed by atoms with E-state index in [1.165, 1.54) is 19.3 Å². The van der Waals surface area contributed by atoms with Gasteiger partial charge < -0.3 is 15.4 Å². The second-order valence-corrected chi connectivity index (χ2v) is 5.37. The predicted octanol–water partition coefficient (Wildman–Crippen LogP) is 0.917. The van der Waals surface area contributed by atoms with Crippen molar-refractivity contribution in [2.24, 2.45) is 11.8 Å². The Morgan fingerprint density at radius 2 is 2.35 bits per heavy atom. The predicted molar refractivity (Wildman–Crippen MR) is 66.7 cm³/mol. The summed E-state index contributed by atoms with van der Waals surface area (Å²) in [4.78, 5) is 11.8. The van der Waals surface area contributed by atoms with Gasteiger partial charge in [0.15, 0.2) is 0 Å². The Bertz CT molecular complexity index is 252. The smallest absolute Gasteiger partial charge is 0.222 e. The molecule has 0 radical (unpaired) electrons. The summed E-state index contributed by atoms with van der Waals surface area (Å²) in [5, 5.41) is 6.30. The first-order valence-electron chi connectivity index (χ1n) is 6.84. The zero-order valence-corrected chi connectivity index (χ0v) is 10.7. The van der Waals surface area contributed by atoms with Crippen molar-refractivity contribution in [2.45, 2.75) is 38.7 Å². The van der Waals surface area contributed by atoms with Crippen LogP contribution in [0.5, 0.6) is 0 Å². The van der Waals surface area contributed by atoms with Gasteiger partial charge in [-0.3, -0.25) is 4.79 Å². The van der Waals surface area contributed by atoms with Gasteiger partial charge in [-0.15, -0.1) is 0 Å². The number of hydrogen-bond acceptors (Lipinski definition) is 3. The van der Waals surface area contributed by atoms with E-state index >= 15 is 0 Å². The van der Waals surface area contributed by atoms with Gasteiger partial charge >= 0.3 is 0 Å². The minimum Gasteiger partial charge on any atom is -0.375 e. The number of morpholine rings is 1. The fourth-order valence-corrected chi connectivity index (χ4v) is 2.80. The molecule has 0 aromatic carbocycles. The molecule has 3 unspecified atom stereocenters. The Labute approximate surface area is 103 Å². The van der Waals surface area contributed by atoms with Crippen LogP contribution in [0.15, 0.2) is 0 Å². The van der Waals surface area contributed by atoms with Gasteiger partial charge in [-0.1, -0.05) is 19.8 Å². The molecule has 17 heavy (non-hydrogen) atoms. The molecule has 2 aliphatic rings. The Hall–Kier alpha value is -0.610. The molecule has 0 aromatic rings. The summed E-state index contributed by atoms with van der Waals surface area (Å²) in [7, 11) is 0. The van der Waals surface area contributed by atoms with E-state index in [0.717, 1.165) is 32.2 Å². The lowest BCUT2D eigenvalue weighted by Gasteiger charge is -2.23. The van der Waals surface area contributed by atoms with Crippen LogP contribution in [0.3, 0.4) is 0 Å². The van der Waals surface area contributed by atoms with Crippen LogP contribution < -0.4 is 10.6 Å². The van der Waals surface area contributed by atoms with Crippen LogP contribution in [0.1, 0.15) is 32.6 Å². The molecule has 0 bridgehead atoms. The molecule has 4 nitrogen and oxygen atoms in total. The van der Waals surface area contributed by atoms with Crippen molar-refractivity contribution < 1.29 is 9.53 Å². The summed E-state index contributed by atoms with van der Waals surface area (Å²) in [5.74, 6) is 1.59. The second kappa shape index (κ2) is 6.36. The standard InChI is InChI=1S/C13H24N2O2/c1-10-3-2-4-11(10)8-15-13(16)7-12-9-14-5-6-17-12/h10-12,14H,2-9H2,1H3,(H,15,16). The van der Waals surface area contributed by atoms with Crippen LogP contribution in [0, 0.1) is 11.8 Å². The summed E-state index contributed by atoms with van der Waals surface area (Å²) in [5.41, 5.74) is 0. The van der Waals surface area contributed by atoms with Crippen molar-refractivity contribution in [3.8, 4) is 0 Å². The number of amides is 1. The summed E-state index contributed by atoms with van der Waals surface area (Å²) >= 11 is 0. The Morgan fingerprint density at radius 1 is 1.47 bits per heavy atom. The van der Waals surface area contributed by atoms with Gasteiger partial charge in [0.2, 0.25) is 5.91 Å². The number of nitrogens with one attached hydrogen (secondary N) is 2. The number of hydrogen-bond donors (Lipinski definition) is 2. The third-order valence-electron chi connectivity index (χ3n) is 4.02. The lowest BCUT2D eigenvalue weighted by molar-refractivity contribution is -0.124. The molecule has 1 heterocycles. The summed E-state index contributed by atoms with van der Waals surface area (Å²) in [6.07, 6.45) is 4.45. The van der Waals surface area contributed by atoms with E-state index in [4.69, 9.17) is 4.74 Å². The lowest BCUT2D eigenvalue weighted by atomic mass is 9.98. The summed E-state index contributed by atoms with van der Waals surface area (Å²) in [6.45, 7) is 5.56. The van der Waals surface area contributed by atoms with E-state index in [-0.39, 0.29) is 12.0 Å². The largest absolute Gasteiger partial charge is 0.375 e. The Morgan fingerprint density at radius 3 is 3.00 bits per heavy atom. The molecule has 2 rings (SSSR count). The first-order chi connectivity index (χ1) is 8.25. The molecule has 1 saturated carbocycles. The van der Waals surface area contributed by atoms with Crippen LogP contribution in [-0.4, -0.2) is 38.3 Å². The maximum Gasteiger partial charge on any atom is 0.222 e. The van der Waals surface area contributed by atoms with Gasteiger partial charge in [-0.05, 0) is 18.3 Å². The molecule has 1 amide bonds. The maximum absolute atomic E-state index is 11.8. The van der Waals surface area contributed by atoms with E-state index in [9.17, 15) is 4.79 Å². The normalized spacial score (nSPS) is 33.6. The Kier molecular flexibility index (Phi) is 4.80. The van der Waals surface area contributed by atoms with Gasteiger partial charge in [0.25, 0.3) is 0 Å². The van der Waals surface area contributed by atoms with Crippen molar-refractivity contribution in [3.63, 3.8) is 0 Å². The minimum atomic E-state index is 0.0600. The SMILES string of the molecule is CC1CCCC1CNC(=O)CC1CNCCO1. The molecule has 3 atom stereocenters. The Balaban J connectivity index is 1.63. The molecule has 0 spiro atoms. The number of rotatable bonds is 4. The molecular weight excluding hydrogens is 216 g/mol. The monoisotopic (exact) mass is 240 g/mol. The van der Waals surface area contributed by atoms with Gasteiger partial charge in [-0.25, -0.2) is 0 Å². The third-order valence-corrected chi connectivity index (χ3v) is 4.02. The van der Waals surface area contributed by atoms with Crippen LogP contribution in [0.2, 0.25) is 0 Å². The minimum absolute atomic E-state index is 0.0600. The first kappa shape index (κ1) is 12.8. The third kappa shape index (κ3) is 3.96. The van der Waals surface area contributed by atoms with E-state index in [1.807, 2.05) is 0 Å². The zero-order valence-electron chi connectivity index (χ0n) is 10.7. The summed E-state index contributed by atoms with van der Waals surface area (Å²) in [6, 6.07) is 0. The molecule has 4 heteroatoms. The molecule has 2 N–H and O–H groups in total. The van der Waals surface area contributed by atoms with Crippen LogP contribution in [0.4, 0.5) is 0 Å². The fourth-order valence-electron chi connectivity index (χ4n) is 2.80.